The quantitative estimate of drug-likeness (QED) is 0.487. The highest BCUT2D eigenvalue weighted by Crippen LogP contribution is 2.46. The Balaban J connectivity index is 2.08. The van der Waals surface area contributed by atoms with Crippen molar-refractivity contribution in [1.82, 2.24) is 0 Å². The van der Waals surface area contributed by atoms with Gasteiger partial charge in [-0.3, -0.25) is 4.90 Å². The molecule has 0 aromatic heterocycles. The zero-order valence-electron chi connectivity index (χ0n) is 16.9. The number of piperidine rings is 1. The van der Waals surface area contributed by atoms with E-state index in [1.807, 2.05) is 0 Å². The summed E-state index contributed by atoms with van der Waals surface area (Å²) in [6.45, 7) is 0.438. The summed E-state index contributed by atoms with van der Waals surface area (Å²) in [5, 5.41) is 0. The van der Waals surface area contributed by atoms with Crippen molar-refractivity contribution in [3.8, 4) is 5.75 Å². The number of carbonyl (C=O) groups excluding carboxylic acids is 1. The molecule has 0 N–H and O–H groups in total. The molecule has 11 heteroatoms. The molecule has 0 atom stereocenters. The van der Waals surface area contributed by atoms with Gasteiger partial charge in [0.05, 0.1) is 11.3 Å². The minimum absolute atomic E-state index is 0.0616. The molecular weight excluding hydrogens is 445 g/mol. The molecule has 0 saturated carbocycles. The molecule has 0 aliphatic carbocycles. The molecule has 2 aromatic carbocycles. The highest BCUT2D eigenvalue weighted by Gasteiger charge is 2.42. The Morgan fingerprint density at radius 1 is 0.938 bits per heavy atom. The largest absolute Gasteiger partial charge is 0.420 e. The molecule has 1 heterocycles. The lowest BCUT2D eigenvalue weighted by molar-refractivity contribution is -0.143. The lowest BCUT2D eigenvalue weighted by Gasteiger charge is -2.32. The zero-order valence-corrected chi connectivity index (χ0v) is 16.9. The highest BCUT2D eigenvalue weighted by atomic mass is 19.4. The van der Waals surface area contributed by atoms with Crippen LogP contribution in [0.15, 0.2) is 36.4 Å². The van der Waals surface area contributed by atoms with Gasteiger partial charge in [0, 0.05) is 25.8 Å². The van der Waals surface area contributed by atoms with Gasteiger partial charge in [-0.15, -0.1) is 0 Å². The van der Waals surface area contributed by atoms with Crippen LogP contribution in [0.5, 0.6) is 5.75 Å². The minimum Gasteiger partial charge on any atom is -0.407 e. The fraction of sp³-hybridized carbons (Fsp3) is 0.381. The molecule has 1 saturated heterocycles. The molecule has 174 valence electrons. The number of alkyl halides is 6. The Labute approximate surface area is 179 Å². The van der Waals surface area contributed by atoms with Gasteiger partial charge in [-0.05, 0) is 55.7 Å². The SMILES string of the molecule is CN(C(=O)Oc1c(N2CCCCC2)cc(C(F)(F)F)cc1C(F)(F)F)c1ccc(F)cc1. The fourth-order valence-electron chi connectivity index (χ4n) is 3.39. The number of rotatable bonds is 3. The summed E-state index contributed by atoms with van der Waals surface area (Å²) in [5.74, 6) is -1.59. The first-order valence-electron chi connectivity index (χ1n) is 9.66. The van der Waals surface area contributed by atoms with E-state index in [4.69, 9.17) is 4.74 Å². The third-order valence-electron chi connectivity index (χ3n) is 5.08. The second-order valence-corrected chi connectivity index (χ2v) is 7.32. The zero-order chi connectivity index (χ0) is 23.7. The van der Waals surface area contributed by atoms with Gasteiger partial charge in [-0.1, -0.05) is 0 Å². The molecular formula is C21H19F7N2O2. The number of nitrogens with zero attached hydrogens (tertiary/aromatic N) is 2. The van der Waals surface area contributed by atoms with E-state index in [9.17, 15) is 35.5 Å². The normalized spacial score (nSPS) is 14.9. The summed E-state index contributed by atoms with van der Waals surface area (Å²) >= 11 is 0. The van der Waals surface area contributed by atoms with E-state index in [1.54, 1.807) is 0 Å². The van der Waals surface area contributed by atoms with Crippen molar-refractivity contribution in [3.63, 3.8) is 0 Å². The predicted molar refractivity (Wildman–Crippen MR) is 103 cm³/mol. The maximum atomic E-state index is 13.8. The van der Waals surface area contributed by atoms with Crippen LogP contribution in [-0.2, 0) is 12.4 Å². The number of anilines is 2. The van der Waals surface area contributed by atoms with E-state index in [2.05, 4.69) is 0 Å². The van der Waals surface area contributed by atoms with Gasteiger partial charge in [0.1, 0.15) is 11.4 Å². The molecule has 0 unspecified atom stereocenters. The lowest BCUT2D eigenvalue weighted by Crippen LogP contribution is -2.33. The Bertz CT molecular complexity index is 966. The van der Waals surface area contributed by atoms with Gasteiger partial charge < -0.3 is 9.64 Å². The summed E-state index contributed by atoms with van der Waals surface area (Å²) in [6.07, 6.45) is -9.58. The first-order chi connectivity index (χ1) is 14.9. The van der Waals surface area contributed by atoms with Crippen molar-refractivity contribution in [1.29, 1.82) is 0 Å². The van der Waals surface area contributed by atoms with Crippen molar-refractivity contribution in [3.05, 3.63) is 53.3 Å². The van der Waals surface area contributed by atoms with Gasteiger partial charge in [0.15, 0.2) is 5.75 Å². The van der Waals surface area contributed by atoms with Crippen LogP contribution in [0.1, 0.15) is 30.4 Å². The summed E-state index contributed by atoms with van der Waals surface area (Å²) in [7, 11) is 1.19. The molecule has 32 heavy (non-hydrogen) atoms. The molecule has 1 amide bonds. The number of hydrogen-bond donors (Lipinski definition) is 0. The Hall–Kier alpha value is -2.98. The molecule has 1 aliphatic rings. The van der Waals surface area contributed by atoms with Gasteiger partial charge >= 0.3 is 18.4 Å². The van der Waals surface area contributed by atoms with Crippen LogP contribution in [0.2, 0.25) is 0 Å². The van der Waals surface area contributed by atoms with Crippen LogP contribution in [-0.4, -0.2) is 26.2 Å². The third kappa shape index (κ3) is 5.25. The van der Waals surface area contributed by atoms with Gasteiger partial charge in [-0.25, -0.2) is 9.18 Å². The lowest BCUT2D eigenvalue weighted by atomic mass is 10.0. The van der Waals surface area contributed by atoms with E-state index >= 15 is 0 Å². The van der Waals surface area contributed by atoms with Crippen molar-refractivity contribution >= 4 is 17.5 Å². The minimum atomic E-state index is -5.21. The van der Waals surface area contributed by atoms with Gasteiger partial charge in [0.2, 0.25) is 0 Å². The van der Waals surface area contributed by atoms with Crippen LogP contribution >= 0.6 is 0 Å². The van der Waals surface area contributed by atoms with Gasteiger partial charge in [-0.2, -0.15) is 26.3 Å². The van der Waals surface area contributed by atoms with Crippen molar-refractivity contribution in [2.75, 3.05) is 29.9 Å². The van der Waals surface area contributed by atoms with Crippen LogP contribution < -0.4 is 14.5 Å². The number of ether oxygens (including phenoxy) is 1. The average molecular weight is 464 g/mol. The molecule has 3 rings (SSSR count). The van der Waals surface area contributed by atoms with Crippen molar-refractivity contribution in [2.24, 2.45) is 0 Å². The maximum absolute atomic E-state index is 13.8. The first-order valence-corrected chi connectivity index (χ1v) is 9.66. The Morgan fingerprint density at radius 3 is 2.06 bits per heavy atom. The van der Waals surface area contributed by atoms with Crippen molar-refractivity contribution < 1.29 is 40.3 Å². The number of halogens is 7. The van der Waals surface area contributed by atoms with E-state index in [1.165, 1.54) is 24.1 Å². The molecule has 2 aromatic rings. The Kier molecular flexibility index (Phi) is 6.56. The monoisotopic (exact) mass is 464 g/mol. The van der Waals surface area contributed by atoms with Crippen LogP contribution in [0.25, 0.3) is 0 Å². The first kappa shape index (κ1) is 23.7. The number of carbonyl (C=O) groups is 1. The van der Waals surface area contributed by atoms with E-state index in [-0.39, 0.29) is 24.8 Å². The van der Waals surface area contributed by atoms with Gasteiger partial charge in [0.25, 0.3) is 0 Å². The summed E-state index contributed by atoms with van der Waals surface area (Å²) < 4.78 is 99.4. The predicted octanol–water partition coefficient (Wildman–Crippen LogP) is 6.49. The second-order valence-electron chi connectivity index (χ2n) is 7.32. The second kappa shape index (κ2) is 8.87. The summed E-state index contributed by atoms with van der Waals surface area (Å²) in [4.78, 5) is 14.8. The average Bonchev–Trinajstić information content (AvgIpc) is 2.72. The third-order valence-corrected chi connectivity index (χ3v) is 5.08. The molecule has 1 fully saturated rings. The molecule has 4 nitrogen and oxygen atoms in total. The molecule has 0 spiro atoms. The van der Waals surface area contributed by atoms with Crippen LogP contribution in [0, 0.1) is 5.82 Å². The molecule has 0 bridgehead atoms. The topological polar surface area (TPSA) is 32.8 Å². The summed E-state index contributed by atoms with van der Waals surface area (Å²) in [6, 6.07) is 5.00. The highest BCUT2D eigenvalue weighted by molar-refractivity contribution is 5.89. The fourth-order valence-corrected chi connectivity index (χ4v) is 3.39. The van der Waals surface area contributed by atoms with E-state index in [0.717, 1.165) is 23.5 Å². The van der Waals surface area contributed by atoms with Crippen LogP contribution in [0.4, 0.5) is 46.9 Å². The van der Waals surface area contributed by atoms with E-state index in [0.29, 0.717) is 18.9 Å². The maximum Gasteiger partial charge on any atom is 0.420 e. The van der Waals surface area contributed by atoms with E-state index < -0.39 is 46.8 Å². The van der Waals surface area contributed by atoms with Crippen molar-refractivity contribution in [2.45, 2.75) is 31.6 Å². The van der Waals surface area contributed by atoms with Crippen LogP contribution in [0.3, 0.4) is 0 Å². The number of benzene rings is 2. The Morgan fingerprint density at radius 2 is 1.53 bits per heavy atom. The standard InChI is InChI=1S/C21H19F7N2O2/c1-29(15-7-5-14(22)6-8-15)19(31)32-18-16(21(26,27)28)11-13(20(23,24)25)12-17(18)30-9-3-2-4-10-30/h5-8,11-12H,2-4,9-10H2,1H3. The smallest absolute Gasteiger partial charge is 0.407 e. The number of amides is 1. The summed E-state index contributed by atoms with van der Waals surface area (Å²) in [5.41, 5.74) is -3.52. The number of hydrogen-bond acceptors (Lipinski definition) is 3. The molecule has 1 aliphatic heterocycles. The molecule has 0 radical (unpaired) electrons.